The van der Waals surface area contributed by atoms with E-state index in [0.29, 0.717) is 18.0 Å². The molecule has 2 heterocycles. The predicted molar refractivity (Wildman–Crippen MR) is 87.7 cm³/mol. The van der Waals surface area contributed by atoms with Gasteiger partial charge in [0.2, 0.25) is 0 Å². The molecule has 0 radical (unpaired) electrons. The highest BCUT2D eigenvalue weighted by molar-refractivity contribution is 7.14. The van der Waals surface area contributed by atoms with Gasteiger partial charge in [0.15, 0.2) is 6.10 Å². The van der Waals surface area contributed by atoms with E-state index >= 15 is 0 Å². The fourth-order valence-electron chi connectivity index (χ4n) is 2.48. The Morgan fingerprint density at radius 3 is 2.74 bits per heavy atom. The first-order valence-electron chi connectivity index (χ1n) is 7.89. The van der Waals surface area contributed by atoms with E-state index in [2.05, 4.69) is 19.2 Å². The van der Waals surface area contributed by atoms with Crippen molar-refractivity contribution in [3.05, 3.63) is 21.4 Å². The van der Waals surface area contributed by atoms with Crippen LogP contribution in [0, 0.1) is 0 Å². The molecule has 1 aliphatic heterocycles. The molecular weight excluding hydrogens is 316 g/mol. The standard InChI is InChI=1S/C16H22N2O4S/c1-4-6-12-11(5-2)9-13(23-12)15(20)22-10(3)14(19)18-8-7-17-16(18)21/h9-10H,4-8H2,1-3H3,(H,17,21)/t10-/m0/s1. The maximum absolute atomic E-state index is 12.3. The minimum Gasteiger partial charge on any atom is -0.448 e. The van der Waals surface area contributed by atoms with E-state index in [0.717, 1.165) is 29.7 Å². The number of imide groups is 1. The van der Waals surface area contributed by atoms with E-state index in [1.54, 1.807) is 0 Å². The highest BCUT2D eigenvalue weighted by Crippen LogP contribution is 2.25. The van der Waals surface area contributed by atoms with Crippen molar-refractivity contribution in [3.63, 3.8) is 0 Å². The summed E-state index contributed by atoms with van der Waals surface area (Å²) >= 11 is 1.42. The number of hydrogen-bond acceptors (Lipinski definition) is 5. The molecule has 0 bridgehead atoms. The summed E-state index contributed by atoms with van der Waals surface area (Å²) < 4.78 is 5.25. The summed E-state index contributed by atoms with van der Waals surface area (Å²) in [5, 5.41) is 2.55. The first-order valence-corrected chi connectivity index (χ1v) is 8.71. The molecule has 1 saturated heterocycles. The van der Waals surface area contributed by atoms with Gasteiger partial charge in [-0.1, -0.05) is 20.3 Å². The van der Waals surface area contributed by atoms with Gasteiger partial charge in [0, 0.05) is 18.0 Å². The molecule has 3 amide bonds. The Kier molecular flexibility index (Phi) is 5.76. The van der Waals surface area contributed by atoms with E-state index in [1.807, 2.05) is 6.07 Å². The SMILES string of the molecule is CCCc1sc(C(=O)O[C@@H](C)C(=O)N2CCNC2=O)cc1CC. The van der Waals surface area contributed by atoms with Crippen LogP contribution in [-0.4, -0.2) is 42.0 Å². The Morgan fingerprint density at radius 1 is 1.43 bits per heavy atom. The van der Waals surface area contributed by atoms with E-state index in [9.17, 15) is 14.4 Å². The summed E-state index contributed by atoms with van der Waals surface area (Å²) in [6.45, 7) is 6.37. The average Bonchev–Trinajstić information content (AvgIpc) is 3.13. The van der Waals surface area contributed by atoms with E-state index in [4.69, 9.17) is 4.74 Å². The second-order valence-electron chi connectivity index (χ2n) is 5.43. The number of rotatable bonds is 6. The van der Waals surface area contributed by atoms with Crippen LogP contribution in [-0.2, 0) is 22.4 Å². The molecule has 0 aliphatic carbocycles. The van der Waals surface area contributed by atoms with E-state index in [-0.39, 0.29) is 0 Å². The van der Waals surface area contributed by atoms with Crippen molar-refractivity contribution in [2.24, 2.45) is 0 Å². The Hall–Kier alpha value is -1.89. The van der Waals surface area contributed by atoms with Crippen LogP contribution in [0.25, 0.3) is 0 Å². The number of carbonyl (C=O) groups is 3. The Bertz CT molecular complexity index is 611. The Balaban J connectivity index is 2.03. The lowest BCUT2D eigenvalue weighted by molar-refractivity contribution is -0.135. The lowest BCUT2D eigenvalue weighted by atomic mass is 10.1. The average molecular weight is 338 g/mol. The minimum atomic E-state index is -0.979. The smallest absolute Gasteiger partial charge is 0.349 e. The molecule has 1 N–H and O–H groups in total. The normalized spacial score (nSPS) is 15.4. The number of ether oxygens (including phenoxy) is 1. The molecule has 1 atom stereocenters. The van der Waals surface area contributed by atoms with Crippen molar-refractivity contribution in [2.45, 2.75) is 46.1 Å². The fourth-order valence-corrected chi connectivity index (χ4v) is 3.71. The summed E-state index contributed by atoms with van der Waals surface area (Å²) in [5.41, 5.74) is 1.15. The first-order chi connectivity index (χ1) is 11.0. The number of nitrogens with zero attached hydrogens (tertiary/aromatic N) is 1. The van der Waals surface area contributed by atoms with Crippen molar-refractivity contribution in [2.75, 3.05) is 13.1 Å². The Labute approximate surface area is 139 Å². The molecule has 126 valence electrons. The zero-order chi connectivity index (χ0) is 17.0. The van der Waals surface area contributed by atoms with Crippen LogP contribution in [0.5, 0.6) is 0 Å². The van der Waals surface area contributed by atoms with Crippen LogP contribution < -0.4 is 5.32 Å². The van der Waals surface area contributed by atoms with Crippen molar-refractivity contribution in [1.82, 2.24) is 10.2 Å². The number of nitrogens with one attached hydrogen (secondary N) is 1. The van der Waals surface area contributed by atoms with Gasteiger partial charge in [0.25, 0.3) is 5.91 Å². The molecule has 0 unspecified atom stereocenters. The zero-order valence-electron chi connectivity index (χ0n) is 13.7. The lowest BCUT2D eigenvalue weighted by Gasteiger charge is -2.17. The van der Waals surface area contributed by atoms with Gasteiger partial charge in [0.05, 0.1) is 0 Å². The highest BCUT2D eigenvalue weighted by Gasteiger charge is 2.32. The molecule has 1 aromatic rings. The van der Waals surface area contributed by atoms with Crippen LogP contribution in [0.2, 0.25) is 0 Å². The van der Waals surface area contributed by atoms with Crippen molar-refractivity contribution >= 4 is 29.2 Å². The number of urea groups is 1. The quantitative estimate of drug-likeness (QED) is 0.808. The predicted octanol–water partition coefficient (Wildman–Crippen LogP) is 2.36. The number of carbonyl (C=O) groups excluding carboxylic acids is 3. The van der Waals surface area contributed by atoms with Crippen LogP contribution in [0.15, 0.2) is 6.07 Å². The molecule has 1 fully saturated rings. The van der Waals surface area contributed by atoms with Gasteiger partial charge in [-0.25, -0.2) is 9.59 Å². The van der Waals surface area contributed by atoms with E-state index in [1.165, 1.54) is 23.1 Å². The maximum atomic E-state index is 12.3. The van der Waals surface area contributed by atoms with Crippen molar-refractivity contribution < 1.29 is 19.1 Å². The number of amides is 3. The van der Waals surface area contributed by atoms with Crippen LogP contribution >= 0.6 is 11.3 Å². The summed E-state index contributed by atoms with van der Waals surface area (Å²) in [7, 11) is 0. The topological polar surface area (TPSA) is 75.7 Å². The van der Waals surface area contributed by atoms with Gasteiger partial charge in [-0.3, -0.25) is 9.69 Å². The monoisotopic (exact) mass is 338 g/mol. The molecule has 1 aromatic heterocycles. The molecule has 6 nitrogen and oxygen atoms in total. The largest absolute Gasteiger partial charge is 0.448 e. The second kappa shape index (κ2) is 7.59. The molecular formula is C16H22N2O4S. The zero-order valence-corrected chi connectivity index (χ0v) is 14.5. The Morgan fingerprint density at radius 2 is 2.17 bits per heavy atom. The summed E-state index contributed by atoms with van der Waals surface area (Å²) in [5.74, 6) is -0.998. The van der Waals surface area contributed by atoms with Gasteiger partial charge in [0.1, 0.15) is 4.88 Å². The molecule has 0 aromatic carbocycles. The third-order valence-electron chi connectivity index (χ3n) is 3.71. The van der Waals surface area contributed by atoms with Gasteiger partial charge in [-0.05, 0) is 31.4 Å². The van der Waals surface area contributed by atoms with E-state index < -0.39 is 24.0 Å². The minimum absolute atomic E-state index is 0.305. The summed E-state index contributed by atoms with van der Waals surface area (Å²) in [6.07, 6.45) is 1.83. The maximum Gasteiger partial charge on any atom is 0.349 e. The van der Waals surface area contributed by atoms with Gasteiger partial charge in [-0.15, -0.1) is 11.3 Å². The van der Waals surface area contributed by atoms with Crippen molar-refractivity contribution in [1.29, 1.82) is 0 Å². The number of aryl methyl sites for hydroxylation is 2. The van der Waals surface area contributed by atoms with Crippen LogP contribution in [0.4, 0.5) is 4.79 Å². The molecule has 7 heteroatoms. The first kappa shape index (κ1) is 17.5. The van der Waals surface area contributed by atoms with Crippen LogP contribution in [0.3, 0.4) is 0 Å². The molecule has 2 rings (SSSR count). The number of thiophene rings is 1. The van der Waals surface area contributed by atoms with Crippen molar-refractivity contribution in [3.8, 4) is 0 Å². The highest BCUT2D eigenvalue weighted by atomic mass is 32.1. The molecule has 0 spiro atoms. The van der Waals surface area contributed by atoms with Crippen LogP contribution in [0.1, 0.15) is 47.3 Å². The lowest BCUT2D eigenvalue weighted by Crippen LogP contribution is -2.41. The van der Waals surface area contributed by atoms with Gasteiger partial charge < -0.3 is 10.1 Å². The molecule has 1 aliphatic rings. The van der Waals surface area contributed by atoms with Gasteiger partial charge >= 0.3 is 12.0 Å². The number of hydrogen-bond donors (Lipinski definition) is 1. The third-order valence-corrected chi connectivity index (χ3v) is 4.93. The van der Waals surface area contributed by atoms with Gasteiger partial charge in [-0.2, -0.15) is 0 Å². The third kappa shape index (κ3) is 3.90. The molecule has 23 heavy (non-hydrogen) atoms. The summed E-state index contributed by atoms with van der Waals surface area (Å²) in [6, 6.07) is 1.41. The second-order valence-corrected chi connectivity index (χ2v) is 6.57. The fraction of sp³-hybridized carbons (Fsp3) is 0.562. The molecule has 0 saturated carbocycles. The summed E-state index contributed by atoms with van der Waals surface area (Å²) in [4.78, 5) is 38.7. The number of esters is 1.